The second-order valence-corrected chi connectivity index (χ2v) is 5.13. The van der Waals surface area contributed by atoms with E-state index in [0.717, 1.165) is 41.1 Å². The van der Waals surface area contributed by atoms with Gasteiger partial charge in [-0.05, 0) is 48.4 Å². The number of benzene rings is 2. The summed E-state index contributed by atoms with van der Waals surface area (Å²) in [5, 5.41) is 0. The molecule has 3 heteroatoms. The van der Waals surface area contributed by atoms with E-state index in [1.807, 2.05) is 30.3 Å². The standard InChI is InChI=1S/C18H19N3/c1-3-11-21-17-10-5-13(4-2)12-16(17)20-18(21)14-6-8-15(19)9-7-14/h3,5-10,12H,1,4,11,19H2,2H3. The van der Waals surface area contributed by atoms with Crippen LogP contribution in [0.5, 0.6) is 0 Å². The molecule has 0 saturated heterocycles. The summed E-state index contributed by atoms with van der Waals surface area (Å²) in [4.78, 5) is 4.81. The van der Waals surface area contributed by atoms with E-state index in [0.29, 0.717) is 0 Å². The summed E-state index contributed by atoms with van der Waals surface area (Å²) < 4.78 is 2.19. The molecule has 0 saturated carbocycles. The number of hydrogen-bond acceptors (Lipinski definition) is 2. The lowest BCUT2D eigenvalue weighted by Crippen LogP contribution is -1.98. The lowest BCUT2D eigenvalue weighted by atomic mass is 10.1. The minimum atomic E-state index is 0.738. The van der Waals surface area contributed by atoms with Crippen LogP contribution in [-0.4, -0.2) is 9.55 Å². The molecule has 0 aliphatic heterocycles. The summed E-state index contributed by atoms with van der Waals surface area (Å²) in [6.45, 7) is 6.75. The quantitative estimate of drug-likeness (QED) is 0.578. The van der Waals surface area contributed by atoms with Crippen LogP contribution in [0.1, 0.15) is 12.5 Å². The smallest absolute Gasteiger partial charge is 0.141 e. The molecule has 0 aliphatic carbocycles. The predicted octanol–water partition coefficient (Wildman–Crippen LogP) is 4.03. The first-order valence-corrected chi connectivity index (χ1v) is 7.19. The van der Waals surface area contributed by atoms with Gasteiger partial charge in [0.15, 0.2) is 0 Å². The van der Waals surface area contributed by atoms with E-state index >= 15 is 0 Å². The molecule has 0 bridgehead atoms. The highest BCUT2D eigenvalue weighted by Gasteiger charge is 2.12. The van der Waals surface area contributed by atoms with E-state index in [-0.39, 0.29) is 0 Å². The van der Waals surface area contributed by atoms with Gasteiger partial charge in [0.2, 0.25) is 0 Å². The lowest BCUT2D eigenvalue weighted by molar-refractivity contribution is 0.862. The molecule has 0 fully saturated rings. The number of imidazole rings is 1. The molecule has 2 aromatic carbocycles. The molecule has 21 heavy (non-hydrogen) atoms. The van der Waals surface area contributed by atoms with E-state index < -0.39 is 0 Å². The number of allylic oxidation sites excluding steroid dienone is 1. The van der Waals surface area contributed by atoms with Crippen molar-refractivity contribution in [3.05, 3.63) is 60.7 Å². The zero-order valence-electron chi connectivity index (χ0n) is 12.2. The van der Waals surface area contributed by atoms with Gasteiger partial charge < -0.3 is 10.3 Å². The molecule has 0 unspecified atom stereocenters. The molecule has 1 aromatic heterocycles. The van der Waals surface area contributed by atoms with Crippen molar-refractivity contribution in [1.82, 2.24) is 9.55 Å². The van der Waals surface area contributed by atoms with Gasteiger partial charge in [-0.2, -0.15) is 0 Å². The second-order valence-electron chi connectivity index (χ2n) is 5.13. The highest BCUT2D eigenvalue weighted by atomic mass is 15.1. The van der Waals surface area contributed by atoms with Gasteiger partial charge in [0, 0.05) is 17.8 Å². The van der Waals surface area contributed by atoms with Crippen LogP contribution in [-0.2, 0) is 13.0 Å². The maximum absolute atomic E-state index is 5.77. The number of nitrogens with two attached hydrogens (primary N) is 1. The van der Waals surface area contributed by atoms with E-state index in [9.17, 15) is 0 Å². The fourth-order valence-corrected chi connectivity index (χ4v) is 2.56. The molecule has 0 atom stereocenters. The second kappa shape index (κ2) is 5.44. The predicted molar refractivity (Wildman–Crippen MR) is 89.2 cm³/mol. The summed E-state index contributed by atoms with van der Waals surface area (Å²) in [7, 11) is 0. The minimum Gasteiger partial charge on any atom is -0.399 e. The van der Waals surface area contributed by atoms with Crippen molar-refractivity contribution in [2.45, 2.75) is 19.9 Å². The monoisotopic (exact) mass is 277 g/mol. The van der Waals surface area contributed by atoms with Crippen LogP contribution in [0, 0.1) is 0 Å². The molecule has 0 radical (unpaired) electrons. The SMILES string of the molecule is C=CCn1c(-c2ccc(N)cc2)nc2cc(CC)ccc21. The van der Waals surface area contributed by atoms with Crippen molar-refractivity contribution in [3.63, 3.8) is 0 Å². The Morgan fingerprint density at radius 3 is 2.62 bits per heavy atom. The van der Waals surface area contributed by atoms with E-state index in [2.05, 4.69) is 36.3 Å². The van der Waals surface area contributed by atoms with Crippen molar-refractivity contribution >= 4 is 16.7 Å². The maximum Gasteiger partial charge on any atom is 0.141 e. The fraction of sp³-hybridized carbons (Fsp3) is 0.167. The summed E-state index contributed by atoms with van der Waals surface area (Å²) in [6.07, 6.45) is 2.91. The summed E-state index contributed by atoms with van der Waals surface area (Å²) in [6, 6.07) is 14.3. The summed E-state index contributed by atoms with van der Waals surface area (Å²) >= 11 is 0. The van der Waals surface area contributed by atoms with Crippen molar-refractivity contribution < 1.29 is 0 Å². The Morgan fingerprint density at radius 1 is 1.19 bits per heavy atom. The van der Waals surface area contributed by atoms with Crippen LogP contribution in [0.3, 0.4) is 0 Å². The van der Waals surface area contributed by atoms with Crippen LogP contribution >= 0.6 is 0 Å². The normalized spacial score (nSPS) is 10.9. The average Bonchev–Trinajstić information content (AvgIpc) is 2.86. The van der Waals surface area contributed by atoms with Gasteiger partial charge in [0.05, 0.1) is 11.0 Å². The molecule has 2 N–H and O–H groups in total. The highest BCUT2D eigenvalue weighted by Crippen LogP contribution is 2.26. The Morgan fingerprint density at radius 2 is 1.95 bits per heavy atom. The Bertz CT molecular complexity index is 782. The van der Waals surface area contributed by atoms with Crippen molar-refractivity contribution in [1.29, 1.82) is 0 Å². The number of aromatic nitrogens is 2. The van der Waals surface area contributed by atoms with Crippen molar-refractivity contribution in [3.8, 4) is 11.4 Å². The van der Waals surface area contributed by atoms with Gasteiger partial charge in [0.25, 0.3) is 0 Å². The first-order chi connectivity index (χ1) is 10.2. The van der Waals surface area contributed by atoms with E-state index in [1.165, 1.54) is 5.56 Å². The lowest BCUT2D eigenvalue weighted by Gasteiger charge is -2.07. The van der Waals surface area contributed by atoms with Gasteiger partial charge in [0.1, 0.15) is 5.82 Å². The maximum atomic E-state index is 5.77. The molecule has 0 aliphatic rings. The molecule has 0 spiro atoms. The van der Waals surface area contributed by atoms with Crippen molar-refractivity contribution in [2.75, 3.05) is 5.73 Å². The minimum absolute atomic E-state index is 0.738. The Balaban J connectivity index is 2.22. The van der Waals surface area contributed by atoms with Crippen LogP contribution < -0.4 is 5.73 Å². The number of rotatable bonds is 4. The van der Waals surface area contributed by atoms with Gasteiger partial charge in [-0.1, -0.05) is 19.1 Å². The van der Waals surface area contributed by atoms with E-state index in [1.54, 1.807) is 0 Å². The zero-order chi connectivity index (χ0) is 14.8. The van der Waals surface area contributed by atoms with Crippen LogP contribution in [0.4, 0.5) is 5.69 Å². The van der Waals surface area contributed by atoms with Crippen LogP contribution in [0.25, 0.3) is 22.4 Å². The van der Waals surface area contributed by atoms with Crippen LogP contribution in [0.15, 0.2) is 55.1 Å². The molecule has 106 valence electrons. The summed E-state index contributed by atoms with van der Waals surface area (Å²) in [5.74, 6) is 0.957. The molecule has 3 rings (SSSR count). The third-order valence-electron chi connectivity index (χ3n) is 3.70. The number of anilines is 1. The summed E-state index contributed by atoms with van der Waals surface area (Å²) in [5.41, 5.74) is 11.1. The molecular weight excluding hydrogens is 258 g/mol. The number of fused-ring (bicyclic) bond motifs is 1. The third-order valence-corrected chi connectivity index (χ3v) is 3.70. The fourth-order valence-electron chi connectivity index (χ4n) is 2.56. The van der Waals surface area contributed by atoms with Gasteiger partial charge >= 0.3 is 0 Å². The Labute approximate surface area is 124 Å². The molecule has 1 heterocycles. The van der Waals surface area contributed by atoms with Gasteiger partial charge in [-0.15, -0.1) is 6.58 Å². The Kier molecular flexibility index (Phi) is 3.48. The highest BCUT2D eigenvalue weighted by molar-refractivity contribution is 5.81. The number of nitrogens with zero attached hydrogens (tertiary/aromatic N) is 2. The van der Waals surface area contributed by atoms with E-state index in [4.69, 9.17) is 10.7 Å². The van der Waals surface area contributed by atoms with Gasteiger partial charge in [-0.3, -0.25) is 0 Å². The number of aryl methyl sites for hydroxylation is 1. The Hall–Kier alpha value is -2.55. The topological polar surface area (TPSA) is 43.8 Å². The molecule has 0 amide bonds. The average molecular weight is 277 g/mol. The third kappa shape index (κ3) is 2.42. The number of nitrogen functional groups attached to an aromatic ring is 1. The first kappa shape index (κ1) is 13.4. The largest absolute Gasteiger partial charge is 0.399 e. The van der Waals surface area contributed by atoms with Crippen LogP contribution in [0.2, 0.25) is 0 Å². The first-order valence-electron chi connectivity index (χ1n) is 7.19. The molecule has 3 aromatic rings. The van der Waals surface area contributed by atoms with Gasteiger partial charge in [-0.25, -0.2) is 4.98 Å². The number of hydrogen-bond donors (Lipinski definition) is 1. The molecule has 3 nitrogen and oxygen atoms in total. The zero-order valence-corrected chi connectivity index (χ0v) is 12.2. The van der Waals surface area contributed by atoms with Crippen molar-refractivity contribution in [2.24, 2.45) is 0 Å². The molecular formula is C18H19N3.